The zero-order valence-corrected chi connectivity index (χ0v) is 30.5. The Balaban J connectivity index is 1.42. The minimum Gasteiger partial charge on any atom is -0.381 e. The van der Waals surface area contributed by atoms with Gasteiger partial charge in [0.25, 0.3) is 0 Å². The van der Waals surface area contributed by atoms with E-state index in [1.807, 2.05) is 0 Å². The van der Waals surface area contributed by atoms with Crippen LogP contribution in [-0.2, 0) is 0 Å². The number of aliphatic imine (C=N–C) groups is 1. The highest BCUT2D eigenvalue weighted by molar-refractivity contribution is 6.14. The Morgan fingerprint density at radius 1 is 0.627 bits per heavy atom. The van der Waals surface area contributed by atoms with Crippen LogP contribution in [0.3, 0.4) is 0 Å². The third kappa shape index (κ3) is 6.09. The smallest absolute Gasteiger partial charge is 0.233 e. The van der Waals surface area contributed by atoms with Gasteiger partial charge in [-0.1, -0.05) is 142 Å². The Kier molecular flexibility index (Phi) is 8.25. The van der Waals surface area contributed by atoms with Crippen molar-refractivity contribution >= 4 is 33.0 Å². The summed E-state index contributed by atoms with van der Waals surface area (Å²) in [5.74, 6) is 1.05. The topological polar surface area (TPSA) is 36.4 Å². The van der Waals surface area contributed by atoms with E-state index in [4.69, 9.17) is 4.99 Å². The van der Waals surface area contributed by atoms with Crippen LogP contribution in [0, 0.1) is 5.41 Å². The summed E-state index contributed by atoms with van der Waals surface area (Å²) in [6.07, 6.45) is 4.39. The molecule has 0 aromatic heterocycles. The van der Waals surface area contributed by atoms with Gasteiger partial charge in [-0.25, -0.2) is 10.3 Å². The Labute approximate surface area is 302 Å². The summed E-state index contributed by atoms with van der Waals surface area (Å²) in [6, 6.07) is 48.8. The molecule has 0 aliphatic carbocycles. The normalized spacial score (nSPS) is 20.4. The second-order valence-electron chi connectivity index (χ2n) is 15.6. The van der Waals surface area contributed by atoms with Crippen molar-refractivity contribution in [1.82, 2.24) is 10.6 Å². The predicted octanol–water partition coefficient (Wildman–Crippen LogP) is 10.8. The fraction of sp³-hybridized carbons (Fsp3) is 0.213. The number of hydrogen-bond donors (Lipinski definition) is 2. The van der Waals surface area contributed by atoms with Gasteiger partial charge in [-0.3, -0.25) is 4.48 Å². The lowest BCUT2D eigenvalue weighted by Crippen LogP contribution is -2.57. The molecule has 3 unspecified atom stereocenters. The van der Waals surface area contributed by atoms with Crippen molar-refractivity contribution in [3.8, 4) is 11.1 Å². The first-order valence-corrected chi connectivity index (χ1v) is 18.1. The van der Waals surface area contributed by atoms with E-state index in [0.29, 0.717) is 4.48 Å². The second kappa shape index (κ2) is 12.8. The third-order valence-electron chi connectivity index (χ3n) is 10.5. The number of nitrogens with one attached hydrogen (secondary N) is 2. The number of dihydropyridines is 1. The van der Waals surface area contributed by atoms with Crippen LogP contribution in [0.4, 0.5) is 0 Å². The van der Waals surface area contributed by atoms with E-state index in [2.05, 4.69) is 198 Å². The summed E-state index contributed by atoms with van der Waals surface area (Å²) in [6.45, 7) is 9.12. The van der Waals surface area contributed by atoms with Gasteiger partial charge in [0.15, 0.2) is 6.17 Å². The molecule has 0 spiro atoms. The lowest BCUT2D eigenvalue weighted by atomic mass is 9.82. The Hall–Kier alpha value is -5.29. The molecule has 6 aromatic rings. The molecule has 2 heterocycles. The lowest BCUT2D eigenvalue weighted by Gasteiger charge is -2.43. The fourth-order valence-electron chi connectivity index (χ4n) is 7.98. The molecular weight excluding hydrogens is 621 g/mol. The number of hydrogen-bond acceptors (Lipinski definition) is 3. The quantitative estimate of drug-likeness (QED) is 0.142. The average Bonchev–Trinajstić information content (AvgIpc) is 3.14. The molecule has 2 aliphatic heterocycles. The SMILES string of the molecule is CC1C=CC(c2cc(C3=NC(c4ccccc4)NC(c4ccccc4)[N+]3(C)C)cc(-c3cc4ccccc4c4ccccc34)c2)=C(C(C)(C)C)N1. The zero-order valence-electron chi connectivity index (χ0n) is 30.5. The van der Waals surface area contributed by atoms with Gasteiger partial charge >= 0.3 is 0 Å². The molecule has 51 heavy (non-hydrogen) atoms. The molecule has 0 bridgehead atoms. The summed E-state index contributed by atoms with van der Waals surface area (Å²) >= 11 is 0. The Morgan fingerprint density at radius 2 is 1.22 bits per heavy atom. The van der Waals surface area contributed by atoms with E-state index in [-0.39, 0.29) is 23.8 Å². The van der Waals surface area contributed by atoms with Crippen molar-refractivity contribution in [2.24, 2.45) is 10.4 Å². The maximum Gasteiger partial charge on any atom is 0.233 e. The highest BCUT2D eigenvalue weighted by Crippen LogP contribution is 2.41. The van der Waals surface area contributed by atoms with Crippen molar-refractivity contribution in [3.05, 3.63) is 174 Å². The molecule has 3 atom stereocenters. The van der Waals surface area contributed by atoms with Gasteiger partial charge < -0.3 is 5.32 Å². The fourth-order valence-corrected chi connectivity index (χ4v) is 7.98. The van der Waals surface area contributed by atoms with E-state index < -0.39 is 0 Å². The molecular formula is C47H47N4+. The number of fused-ring (bicyclic) bond motifs is 3. The van der Waals surface area contributed by atoms with Gasteiger partial charge in [0, 0.05) is 28.3 Å². The first kappa shape index (κ1) is 32.9. The van der Waals surface area contributed by atoms with Gasteiger partial charge in [0.05, 0.1) is 19.7 Å². The van der Waals surface area contributed by atoms with E-state index in [1.54, 1.807) is 0 Å². The molecule has 8 rings (SSSR count). The van der Waals surface area contributed by atoms with Gasteiger partial charge in [0.2, 0.25) is 5.84 Å². The van der Waals surface area contributed by atoms with Gasteiger partial charge in [-0.05, 0) is 75.0 Å². The van der Waals surface area contributed by atoms with Crippen molar-refractivity contribution < 1.29 is 4.48 Å². The molecule has 6 aromatic carbocycles. The van der Waals surface area contributed by atoms with E-state index >= 15 is 0 Å². The monoisotopic (exact) mass is 667 g/mol. The summed E-state index contributed by atoms with van der Waals surface area (Å²) in [5.41, 5.74) is 9.53. The number of benzene rings is 6. The van der Waals surface area contributed by atoms with Crippen LogP contribution in [0.1, 0.15) is 62.3 Å². The molecule has 4 heteroatoms. The largest absolute Gasteiger partial charge is 0.381 e. The van der Waals surface area contributed by atoms with Gasteiger partial charge in [-0.2, -0.15) is 0 Å². The molecule has 2 aliphatic rings. The van der Waals surface area contributed by atoms with E-state index in [9.17, 15) is 0 Å². The van der Waals surface area contributed by atoms with E-state index in [1.165, 1.54) is 55.1 Å². The van der Waals surface area contributed by atoms with Crippen molar-refractivity contribution in [2.45, 2.75) is 46.1 Å². The highest BCUT2D eigenvalue weighted by Gasteiger charge is 2.42. The molecule has 0 radical (unpaired) electrons. The molecule has 4 nitrogen and oxygen atoms in total. The number of amidine groups is 1. The number of nitrogens with zero attached hydrogens (tertiary/aromatic N) is 2. The van der Waals surface area contributed by atoms with Crippen LogP contribution in [0.5, 0.6) is 0 Å². The molecule has 0 saturated heterocycles. The number of allylic oxidation sites excluding steroid dienone is 3. The van der Waals surface area contributed by atoms with Gasteiger partial charge in [-0.15, -0.1) is 0 Å². The molecule has 0 saturated carbocycles. The maximum absolute atomic E-state index is 5.59. The van der Waals surface area contributed by atoms with Crippen LogP contribution >= 0.6 is 0 Å². The molecule has 254 valence electrons. The first-order valence-electron chi connectivity index (χ1n) is 18.1. The summed E-state index contributed by atoms with van der Waals surface area (Å²) in [5, 5.41) is 12.8. The van der Waals surface area contributed by atoms with Crippen LogP contribution in [-0.4, -0.2) is 30.5 Å². The summed E-state index contributed by atoms with van der Waals surface area (Å²) < 4.78 is 0.547. The first-order chi connectivity index (χ1) is 24.6. The van der Waals surface area contributed by atoms with Gasteiger partial charge in [0.1, 0.15) is 6.17 Å². The van der Waals surface area contributed by atoms with Crippen molar-refractivity contribution in [3.63, 3.8) is 0 Å². The lowest BCUT2D eigenvalue weighted by molar-refractivity contribution is -0.840. The summed E-state index contributed by atoms with van der Waals surface area (Å²) in [7, 11) is 4.57. The Bertz CT molecular complexity index is 2340. The number of quaternary nitrogens is 1. The van der Waals surface area contributed by atoms with Crippen molar-refractivity contribution in [1.29, 1.82) is 0 Å². The minimum atomic E-state index is -0.201. The van der Waals surface area contributed by atoms with Crippen LogP contribution in [0.15, 0.2) is 156 Å². The van der Waals surface area contributed by atoms with Crippen LogP contribution in [0.25, 0.3) is 38.2 Å². The van der Waals surface area contributed by atoms with Crippen LogP contribution in [0.2, 0.25) is 0 Å². The second-order valence-corrected chi connectivity index (χ2v) is 15.6. The molecule has 2 N–H and O–H groups in total. The predicted molar refractivity (Wildman–Crippen MR) is 215 cm³/mol. The zero-order chi connectivity index (χ0) is 35.3. The van der Waals surface area contributed by atoms with E-state index in [0.717, 1.165) is 17.0 Å². The van der Waals surface area contributed by atoms with Crippen LogP contribution < -0.4 is 10.6 Å². The third-order valence-corrected chi connectivity index (χ3v) is 10.5. The Morgan fingerprint density at radius 3 is 1.92 bits per heavy atom. The average molecular weight is 668 g/mol. The van der Waals surface area contributed by atoms with Crippen molar-refractivity contribution in [2.75, 3.05) is 14.1 Å². The maximum atomic E-state index is 5.59. The number of rotatable bonds is 5. The minimum absolute atomic E-state index is 0.0149. The molecule has 0 fully saturated rings. The standard InChI is InChI=1S/C47H47N4/c1-31-25-26-39(43(48-31)47(2,3)4)35-27-36(42-30-34-21-13-14-22-38(34)40-23-15-16-24-41(40)42)29-37(28-35)46-50-44(32-17-9-7-10-18-32)49-45(51(46,5)6)33-19-11-8-12-20-33/h7-31,44-45,48-49H,1-6H3/q+1. The molecule has 0 amide bonds. The highest BCUT2D eigenvalue weighted by atomic mass is 15.5. The summed E-state index contributed by atoms with van der Waals surface area (Å²) in [4.78, 5) is 5.59.